The van der Waals surface area contributed by atoms with Crippen LogP contribution in [0.5, 0.6) is 0 Å². The Morgan fingerprint density at radius 2 is 2.04 bits per heavy atom. The largest absolute Gasteiger partial charge is 0.464 e. The summed E-state index contributed by atoms with van der Waals surface area (Å²) < 4.78 is 31.9. The van der Waals surface area contributed by atoms with E-state index in [2.05, 4.69) is 20.7 Å². The molecule has 0 amide bonds. The first-order valence-electron chi connectivity index (χ1n) is 8.43. The average molecular weight is 377 g/mol. The van der Waals surface area contributed by atoms with Gasteiger partial charge in [0, 0.05) is 37.6 Å². The van der Waals surface area contributed by atoms with Crippen molar-refractivity contribution in [1.82, 2.24) is 9.29 Å². The van der Waals surface area contributed by atoms with Crippen LogP contribution in [0, 0.1) is 6.92 Å². The molecule has 140 valence electrons. The Hall–Kier alpha value is -2.32. The molecule has 1 fully saturated rings. The molecular formula is C18H23N3O4S. The lowest BCUT2D eigenvalue weighted by Gasteiger charge is -2.40. The second-order valence-electron chi connectivity index (χ2n) is 6.49. The first-order chi connectivity index (χ1) is 12.3. The molecule has 1 aliphatic rings. The predicted octanol–water partition coefficient (Wildman–Crippen LogP) is 2.01. The van der Waals surface area contributed by atoms with Crippen LogP contribution in [0.2, 0.25) is 0 Å². The first kappa shape index (κ1) is 18.5. The number of methoxy groups -OCH3 is 1. The minimum atomic E-state index is -3.66. The van der Waals surface area contributed by atoms with E-state index in [4.69, 9.17) is 0 Å². The van der Waals surface area contributed by atoms with Gasteiger partial charge >= 0.3 is 5.97 Å². The van der Waals surface area contributed by atoms with Crippen molar-refractivity contribution in [3.05, 3.63) is 47.8 Å². The van der Waals surface area contributed by atoms with Crippen molar-refractivity contribution in [2.24, 2.45) is 0 Å². The number of nitrogens with one attached hydrogen (secondary N) is 1. The highest BCUT2D eigenvalue weighted by Crippen LogP contribution is 2.25. The monoisotopic (exact) mass is 377 g/mol. The molecule has 1 aromatic heterocycles. The third kappa shape index (κ3) is 3.47. The van der Waals surface area contributed by atoms with E-state index >= 15 is 0 Å². The van der Waals surface area contributed by atoms with Gasteiger partial charge in [-0.3, -0.25) is 0 Å². The number of rotatable bonds is 4. The first-order valence-corrected chi connectivity index (χ1v) is 9.87. The number of esters is 1. The van der Waals surface area contributed by atoms with Gasteiger partial charge in [0.2, 0.25) is 10.0 Å². The normalized spacial score (nSPS) is 18.7. The van der Waals surface area contributed by atoms with Gasteiger partial charge in [-0.1, -0.05) is 12.1 Å². The molecule has 7 nitrogen and oxygen atoms in total. The summed E-state index contributed by atoms with van der Waals surface area (Å²) in [7, 11) is -2.41. The summed E-state index contributed by atoms with van der Waals surface area (Å²) in [6.45, 7) is 5.44. The van der Waals surface area contributed by atoms with Crippen LogP contribution in [-0.4, -0.2) is 56.5 Å². The number of hydrogen-bond donors (Lipinski definition) is 1. The fourth-order valence-corrected chi connectivity index (χ4v) is 4.74. The van der Waals surface area contributed by atoms with Gasteiger partial charge in [0.1, 0.15) is 10.6 Å². The highest BCUT2D eigenvalue weighted by molar-refractivity contribution is 7.89. The van der Waals surface area contributed by atoms with Crippen LogP contribution in [-0.2, 0) is 14.8 Å². The Kier molecular flexibility index (Phi) is 5.06. The fraction of sp³-hybridized carbons (Fsp3) is 0.389. The summed E-state index contributed by atoms with van der Waals surface area (Å²) in [6, 6.07) is 9.56. The quantitative estimate of drug-likeness (QED) is 0.824. The smallest absolute Gasteiger partial charge is 0.354 e. The minimum Gasteiger partial charge on any atom is -0.464 e. The second kappa shape index (κ2) is 7.13. The van der Waals surface area contributed by atoms with Crippen LogP contribution in [0.3, 0.4) is 0 Å². The van der Waals surface area contributed by atoms with Gasteiger partial charge in [0.05, 0.1) is 7.11 Å². The van der Waals surface area contributed by atoms with Crippen molar-refractivity contribution < 1.29 is 17.9 Å². The number of aromatic nitrogens is 1. The third-order valence-electron chi connectivity index (χ3n) is 4.62. The number of ether oxygens (including phenoxy) is 1. The summed E-state index contributed by atoms with van der Waals surface area (Å²) in [5.41, 5.74) is 2.40. The van der Waals surface area contributed by atoms with Gasteiger partial charge in [-0.15, -0.1) is 0 Å². The van der Waals surface area contributed by atoms with Crippen LogP contribution >= 0.6 is 0 Å². The van der Waals surface area contributed by atoms with E-state index < -0.39 is 16.0 Å². The summed E-state index contributed by atoms with van der Waals surface area (Å²) in [6.07, 6.45) is 1.33. The van der Waals surface area contributed by atoms with E-state index in [9.17, 15) is 13.2 Å². The molecule has 0 saturated carbocycles. The van der Waals surface area contributed by atoms with Crippen LogP contribution < -0.4 is 4.90 Å². The van der Waals surface area contributed by atoms with E-state index in [1.165, 1.54) is 29.2 Å². The van der Waals surface area contributed by atoms with E-state index in [1.807, 2.05) is 32.0 Å². The number of carbonyl (C=O) groups excluding carboxylic acids is 1. The zero-order chi connectivity index (χ0) is 18.9. The van der Waals surface area contributed by atoms with Gasteiger partial charge in [-0.25, -0.2) is 13.2 Å². The maximum Gasteiger partial charge on any atom is 0.354 e. The highest BCUT2D eigenvalue weighted by Gasteiger charge is 2.33. The van der Waals surface area contributed by atoms with Crippen molar-refractivity contribution in [3.8, 4) is 0 Å². The summed E-state index contributed by atoms with van der Waals surface area (Å²) in [5.74, 6) is -0.593. The molecular weight excluding hydrogens is 354 g/mol. The standard InChI is InChI=1S/C18H23N3O4S/c1-13-5-4-6-15(9-13)21-8-7-20(12-14(21)2)26(23,24)16-10-17(19-11-16)18(22)25-3/h4-6,9-11,14,19H,7-8,12H2,1-3H3/t14-/m0/s1. The molecule has 0 aliphatic carbocycles. The van der Waals surface area contributed by atoms with Crippen LogP contribution in [0.4, 0.5) is 5.69 Å². The average Bonchev–Trinajstić information content (AvgIpc) is 3.12. The zero-order valence-electron chi connectivity index (χ0n) is 15.1. The van der Waals surface area contributed by atoms with Gasteiger partial charge in [-0.05, 0) is 37.6 Å². The number of sulfonamides is 1. The summed E-state index contributed by atoms with van der Waals surface area (Å²) in [4.78, 5) is 16.5. The predicted molar refractivity (Wildman–Crippen MR) is 98.9 cm³/mol. The number of anilines is 1. The third-order valence-corrected chi connectivity index (χ3v) is 6.47. The van der Waals surface area contributed by atoms with Crippen molar-refractivity contribution in [1.29, 1.82) is 0 Å². The molecule has 2 heterocycles. The number of hydrogen-bond acceptors (Lipinski definition) is 5. The maximum atomic E-state index is 12.9. The number of aromatic amines is 1. The molecule has 0 spiro atoms. The van der Waals surface area contributed by atoms with Crippen molar-refractivity contribution in [2.75, 3.05) is 31.6 Å². The van der Waals surface area contributed by atoms with Gasteiger partial charge < -0.3 is 14.6 Å². The van der Waals surface area contributed by atoms with E-state index in [-0.39, 0.29) is 16.6 Å². The SMILES string of the molecule is COC(=O)c1cc(S(=O)(=O)N2CCN(c3cccc(C)c3)[C@@H](C)C2)c[nH]1. The summed E-state index contributed by atoms with van der Waals surface area (Å²) in [5, 5.41) is 0. The Balaban J connectivity index is 1.77. The second-order valence-corrected chi connectivity index (χ2v) is 8.42. The van der Waals surface area contributed by atoms with Gasteiger partial charge in [-0.2, -0.15) is 4.31 Å². The topological polar surface area (TPSA) is 82.7 Å². The number of H-pyrrole nitrogens is 1. The Morgan fingerprint density at radius 3 is 2.69 bits per heavy atom. The number of aryl methyl sites for hydroxylation is 1. The zero-order valence-corrected chi connectivity index (χ0v) is 15.9. The fourth-order valence-electron chi connectivity index (χ4n) is 3.23. The van der Waals surface area contributed by atoms with E-state index in [0.717, 1.165) is 5.69 Å². The molecule has 0 bridgehead atoms. The Labute approximate surface area is 153 Å². The lowest BCUT2D eigenvalue weighted by atomic mass is 10.1. The van der Waals surface area contributed by atoms with Crippen molar-refractivity contribution in [3.63, 3.8) is 0 Å². The Bertz CT molecular complexity index is 907. The molecule has 1 saturated heterocycles. The molecule has 1 N–H and O–H groups in total. The molecule has 3 rings (SSSR count). The molecule has 26 heavy (non-hydrogen) atoms. The highest BCUT2D eigenvalue weighted by atomic mass is 32.2. The lowest BCUT2D eigenvalue weighted by molar-refractivity contribution is 0.0594. The van der Waals surface area contributed by atoms with Crippen LogP contribution in [0.15, 0.2) is 41.4 Å². The minimum absolute atomic E-state index is 0.0411. The van der Waals surface area contributed by atoms with Gasteiger partial charge in [0.15, 0.2) is 0 Å². The number of piperazine rings is 1. The number of nitrogens with zero attached hydrogens (tertiary/aromatic N) is 2. The van der Waals surface area contributed by atoms with E-state index in [1.54, 1.807) is 0 Å². The molecule has 2 aromatic rings. The number of carbonyl (C=O) groups is 1. The number of benzene rings is 1. The molecule has 1 aromatic carbocycles. The van der Waals surface area contributed by atoms with Crippen LogP contribution in [0.25, 0.3) is 0 Å². The maximum absolute atomic E-state index is 12.9. The van der Waals surface area contributed by atoms with Gasteiger partial charge in [0.25, 0.3) is 0 Å². The molecule has 0 unspecified atom stereocenters. The van der Waals surface area contributed by atoms with Crippen LogP contribution in [0.1, 0.15) is 23.0 Å². The molecule has 8 heteroatoms. The molecule has 1 atom stereocenters. The molecule has 1 aliphatic heterocycles. The molecule has 0 radical (unpaired) electrons. The summed E-state index contributed by atoms with van der Waals surface area (Å²) >= 11 is 0. The van der Waals surface area contributed by atoms with Crippen molar-refractivity contribution in [2.45, 2.75) is 24.8 Å². The Morgan fingerprint density at radius 1 is 1.27 bits per heavy atom. The van der Waals surface area contributed by atoms with E-state index in [0.29, 0.717) is 19.6 Å². The lowest BCUT2D eigenvalue weighted by Crippen LogP contribution is -2.53. The van der Waals surface area contributed by atoms with Crippen molar-refractivity contribution >= 4 is 21.7 Å².